The van der Waals surface area contributed by atoms with Crippen LogP contribution in [-0.4, -0.2) is 72.9 Å². The number of para-hydroxylation sites is 1. The van der Waals surface area contributed by atoms with Crippen molar-refractivity contribution in [3.05, 3.63) is 70.8 Å². The fourth-order valence-corrected chi connectivity index (χ4v) is 4.53. The van der Waals surface area contributed by atoms with Crippen LogP contribution in [0.3, 0.4) is 0 Å². The molecule has 1 fully saturated rings. The van der Waals surface area contributed by atoms with E-state index in [1.54, 1.807) is 37.4 Å². The van der Waals surface area contributed by atoms with Crippen LogP contribution in [-0.2, 0) is 4.74 Å². The van der Waals surface area contributed by atoms with E-state index in [0.717, 1.165) is 16.8 Å². The first-order valence-electron chi connectivity index (χ1n) is 11.8. The maximum absolute atomic E-state index is 14.0. The monoisotopic (exact) mass is 573 g/mol. The smallest absolute Gasteiger partial charge is 0.422 e. The lowest BCUT2D eigenvalue weighted by atomic mass is 9.94. The maximum atomic E-state index is 14.0. The third kappa shape index (κ3) is 7.16. The number of methoxy groups -OCH3 is 1. The number of carbonyl (C=O) groups excluding carboxylic acids is 1. The molecule has 2 aromatic carbocycles. The number of amides is 2. The Hall–Kier alpha value is -3.42. The van der Waals surface area contributed by atoms with Crippen LogP contribution in [0.15, 0.2) is 48.5 Å². The van der Waals surface area contributed by atoms with Crippen LogP contribution in [0, 0.1) is 11.6 Å². The summed E-state index contributed by atoms with van der Waals surface area (Å²) in [6.07, 6.45) is -4.63. The quantitative estimate of drug-likeness (QED) is 0.353. The second-order valence-electron chi connectivity index (χ2n) is 8.86. The molecule has 2 atom stereocenters. The molecule has 2 N–H and O–H groups in total. The molecule has 2 unspecified atom stereocenters. The summed E-state index contributed by atoms with van der Waals surface area (Å²) < 4.78 is 76.8. The Bertz CT molecular complexity index is 1290. The van der Waals surface area contributed by atoms with E-state index in [-0.39, 0.29) is 16.8 Å². The van der Waals surface area contributed by atoms with Gasteiger partial charge < -0.3 is 14.8 Å². The Labute approximate surface area is 225 Å². The molecule has 39 heavy (non-hydrogen) atoms. The minimum atomic E-state index is -4.63. The molecule has 0 spiro atoms. The summed E-state index contributed by atoms with van der Waals surface area (Å²) >= 11 is 6.29. The number of ether oxygens (including phenoxy) is 2. The molecule has 0 radical (unpaired) electrons. The number of halogens is 6. The van der Waals surface area contributed by atoms with E-state index in [4.69, 9.17) is 21.1 Å². The van der Waals surface area contributed by atoms with E-state index in [0.29, 0.717) is 37.5 Å². The molecular formula is C25H25ClF5N5O3. The van der Waals surface area contributed by atoms with Crippen LogP contribution in [0.25, 0.3) is 5.69 Å². The van der Waals surface area contributed by atoms with Gasteiger partial charge in [-0.2, -0.15) is 13.2 Å². The molecule has 3 aromatic rings. The van der Waals surface area contributed by atoms with Gasteiger partial charge >= 0.3 is 12.2 Å². The van der Waals surface area contributed by atoms with Crippen LogP contribution in [0.4, 0.5) is 32.6 Å². The zero-order valence-corrected chi connectivity index (χ0v) is 21.4. The van der Waals surface area contributed by atoms with Crippen LogP contribution in [0.2, 0.25) is 5.02 Å². The minimum absolute atomic E-state index is 0.115. The Balaban J connectivity index is 1.57. The molecular weight excluding hydrogens is 549 g/mol. The normalized spacial score (nSPS) is 17.8. The number of nitrogens with zero attached hydrogens (tertiary/aromatic N) is 3. The molecule has 210 valence electrons. The van der Waals surface area contributed by atoms with E-state index in [2.05, 4.69) is 15.7 Å². The van der Waals surface area contributed by atoms with Crippen molar-refractivity contribution in [3.63, 3.8) is 0 Å². The zero-order valence-electron chi connectivity index (χ0n) is 20.6. The Morgan fingerprint density at radius 2 is 1.87 bits per heavy atom. The van der Waals surface area contributed by atoms with Gasteiger partial charge in [0.1, 0.15) is 5.02 Å². The second kappa shape index (κ2) is 12.2. The predicted molar refractivity (Wildman–Crippen MR) is 133 cm³/mol. The summed E-state index contributed by atoms with van der Waals surface area (Å²) in [5.74, 6) is -3.00. The largest absolute Gasteiger partial charge is 0.466 e. The van der Waals surface area contributed by atoms with Gasteiger partial charge in [-0.05, 0) is 29.8 Å². The van der Waals surface area contributed by atoms with Crippen molar-refractivity contribution in [2.45, 2.75) is 18.1 Å². The minimum Gasteiger partial charge on any atom is -0.466 e. The first-order valence-corrected chi connectivity index (χ1v) is 12.2. The topological polar surface area (TPSA) is 80.7 Å². The van der Waals surface area contributed by atoms with E-state index >= 15 is 0 Å². The third-order valence-corrected chi connectivity index (χ3v) is 6.44. The van der Waals surface area contributed by atoms with Crippen LogP contribution in [0.1, 0.15) is 11.5 Å². The van der Waals surface area contributed by atoms with E-state index in [1.807, 2.05) is 4.90 Å². The molecule has 1 saturated heterocycles. The molecule has 2 heterocycles. The molecule has 1 aliphatic rings. The fourth-order valence-electron chi connectivity index (χ4n) is 4.31. The van der Waals surface area contributed by atoms with Crippen molar-refractivity contribution in [2.75, 3.05) is 45.3 Å². The first-order chi connectivity index (χ1) is 18.6. The van der Waals surface area contributed by atoms with Crippen molar-refractivity contribution < 1.29 is 36.2 Å². The molecule has 0 aliphatic carbocycles. The van der Waals surface area contributed by atoms with Crippen molar-refractivity contribution in [2.24, 2.45) is 0 Å². The average molecular weight is 574 g/mol. The van der Waals surface area contributed by atoms with Gasteiger partial charge in [-0.25, -0.2) is 18.3 Å². The predicted octanol–water partition coefficient (Wildman–Crippen LogP) is 4.98. The third-order valence-electron chi connectivity index (χ3n) is 6.10. The lowest BCUT2D eigenvalue weighted by Crippen LogP contribution is -2.42. The molecule has 1 aromatic heterocycles. The summed E-state index contributed by atoms with van der Waals surface area (Å²) in [6, 6.07) is 10.6. The number of anilines is 1. The number of alkyl halides is 3. The Morgan fingerprint density at radius 3 is 2.54 bits per heavy atom. The highest BCUT2D eigenvalue weighted by Gasteiger charge is 2.36. The number of nitrogens with one attached hydrogen (secondary N) is 2. The van der Waals surface area contributed by atoms with Crippen molar-refractivity contribution in [1.82, 2.24) is 20.0 Å². The number of likely N-dealkylation sites (tertiary alicyclic amines) is 1. The SMILES string of the molecule is COCCN1CC(NC(=O)Nc2c(Cl)c(OCC(F)(F)F)nn2-c2ccccc2)C(c2ccc(F)c(F)c2)C1. The Kier molecular flexibility index (Phi) is 8.93. The number of hydrogen-bond acceptors (Lipinski definition) is 5. The molecule has 2 amide bonds. The fraction of sp³-hybridized carbons (Fsp3) is 0.360. The van der Waals surface area contributed by atoms with Crippen LogP contribution < -0.4 is 15.4 Å². The number of rotatable bonds is 9. The molecule has 8 nitrogen and oxygen atoms in total. The highest BCUT2D eigenvalue weighted by Crippen LogP contribution is 2.35. The van der Waals surface area contributed by atoms with Gasteiger partial charge in [0.2, 0.25) is 0 Å². The number of urea groups is 1. The number of benzene rings is 2. The second-order valence-corrected chi connectivity index (χ2v) is 9.23. The number of carbonyl (C=O) groups is 1. The van der Waals surface area contributed by atoms with Crippen LogP contribution in [0.5, 0.6) is 5.88 Å². The summed E-state index contributed by atoms with van der Waals surface area (Å²) in [6.45, 7) is 0.169. The van der Waals surface area contributed by atoms with Crippen molar-refractivity contribution in [1.29, 1.82) is 0 Å². The van der Waals surface area contributed by atoms with Crippen molar-refractivity contribution in [3.8, 4) is 11.6 Å². The molecule has 0 bridgehead atoms. The van der Waals surface area contributed by atoms with Gasteiger partial charge in [0.25, 0.3) is 5.88 Å². The van der Waals surface area contributed by atoms with Gasteiger partial charge in [-0.3, -0.25) is 10.2 Å². The zero-order chi connectivity index (χ0) is 28.2. The summed E-state index contributed by atoms with van der Waals surface area (Å²) in [4.78, 5) is 15.1. The summed E-state index contributed by atoms with van der Waals surface area (Å²) in [7, 11) is 1.55. The van der Waals surface area contributed by atoms with Gasteiger partial charge in [0.05, 0.1) is 18.3 Å². The van der Waals surface area contributed by atoms with Gasteiger partial charge in [-0.1, -0.05) is 35.9 Å². The van der Waals surface area contributed by atoms with E-state index in [9.17, 15) is 26.7 Å². The molecule has 14 heteroatoms. The highest BCUT2D eigenvalue weighted by atomic mass is 35.5. The van der Waals surface area contributed by atoms with E-state index < -0.39 is 42.4 Å². The first kappa shape index (κ1) is 28.6. The van der Waals surface area contributed by atoms with Gasteiger partial charge in [-0.15, -0.1) is 5.10 Å². The van der Waals surface area contributed by atoms with Crippen molar-refractivity contribution >= 4 is 23.4 Å². The summed E-state index contributed by atoms with van der Waals surface area (Å²) in [5.41, 5.74) is 0.900. The van der Waals surface area contributed by atoms with Gasteiger partial charge in [0.15, 0.2) is 24.1 Å². The number of hydrogen-bond donors (Lipinski definition) is 2. The average Bonchev–Trinajstić information content (AvgIpc) is 3.43. The standard InChI is InChI=1S/C25H25ClF5N5O3/c1-38-10-9-35-12-17(15-7-8-18(27)19(28)11-15)20(13-35)32-24(37)33-22-21(26)23(39-14-25(29,30)31)34-36(22)16-5-3-2-4-6-16/h2-8,11,17,20H,9-10,12-14H2,1H3,(H2,32,33,37). The molecule has 0 saturated carbocycles. The molecule has 1 aliphatic heterocycles. The van der Waals surface area contributed by atoms with Crippen LogP contribution >= 0.6 is 11.6 Å². The molecule has 4 rings (SSSR count). The lowest BCUT2D eigenvalue weighted by Gasteiger charge is -2.21. The highest BCUT2D eigenvalue weighted by molar-refractivity contribution is 6.34. The number of aromatic nitrogens is 2. The maximum Gasteiger partial charge on any atom is 0.422 e. The van der Waals surface area contributed by atoms with Gasteiger partial charge in [0, 0.05) is 32.7 Å². The summed E-state index contributed by atoms with van der Waals surface area (Å²) in [5, 5.41) is 9.06. The van der Waals surface area contributed by atoms with E-state index in [1.165, 1.54) is 6.07 Å². The Morgan fingerprint density at radius 1 is 1.13 bits per heavy atom. The lowest BCUT2D eigenvalue weighted by molar-refractivity contribution is -0.154.